The molecule has 1 unspecified atom stereocenters. The first-order valence-corrected chi connectivity index (χ1v) is 6.62. The number of likely N-dealkylation sites (tertiary alicyclic amines) is 1. The number of amides is 2. The van der Waals surface area contributed by atoms with Crippen molar-refractivity contribution in [3.63, 3.8) is 0 Å². The molecule has 0 saturated carbocycles. The standard InChI is InChI=1S/C13H25N3O2/c1-13(2,3)10-8-12(18)16(9-10)7-5-4-6-11(17)15-14/h10H,4-9,14H2,1-3H3,(H,15,17). The summed E-state index contributed by atoms with van der Waals surface area (Å²) < 4.78 is 0. The van der Waals surface area contributed by atoms with Crippen LogP contribution in [0.15, 0.2) is 0 Å². The van der Waals surface area contributed by atoms with Crippen molar-refractivity contribution in [3.8, 4) is 0 Å². The van der Waals surface area contributed by atoms with Gasteiger partial charge in [0.1, 0.15) is 0 Å². The first-order valence-electron chi connectivity index (χ1n) is 6.62. The minimum absolute atomic E-state index is 0.143. The number of unbranched alkanes of at least 4 members (excludes halogenated alkanes) is 1. The minimum Gasteiger partial charge on any atom is -0.342 e. The highest BCUT2D eigenvalue weighted by Crippen LogP contribution is 2.34. The molecule has 1 saturated heterocycles. The zero-order chi connectivity index (χ0) is 13.8. The van der Waals surface area contributed by atoms with Crippen LogP contribution in [0.3, 0.4) is 0 Å². The zero-order valence-electron chi connectivity index (χ0n) is 11.7. The number of hydrogen-bond acceptors (Lipinski definition) is 3. The van der Waals surface area contributed by atoms with Gasteiger partial charge in [-0.15, -0.1) is 0 Å². The van der Waals surface area contributed by atoms with Gasteiger partial charge in [-0.2, -0.15) is 0 Å². The fourth-order valence-corrected chi connectivity index (χ4v) is 2.23. The molecule has 5 heteroatoms. The van der Waals surface area contributed by atoms with Crippen LogP contribution in [-0.4, -0.2) is 29.8 Å². The highest BCUT2D eigenvalue weighted by molar-refractivity contribution is 5.78. The van der Waals surface area contributed by atoms with Crippen LogP contribution < -0.4 is 11.3 Å². The zero-order valence-corrected chi connectivity index (χ0v) is 11.7. The van der Waals surface area contributed by atoms with E-state index in [2.05, 4.69) is 26.2 Å². The van der Waals surface area contributed by atoms with Crippen LogP contribution in [0.1, 0.15) is 46.5 Å². The lowest BCUT2D eigenvalue weighted by molar-refractivity contribution is -0.127. The van der Waals surface area contributed by atoms with E-state index >= 15 is 0 Å². The SMILES string of the molecule is CC(C)(C)C1CC(=O)N(CCCCC(=O)NN)C1. The number of hydrogen-bond donors (Lipinski definition) is 2. The van der Waals surface area contributed by atoms with Crippen molar-refractivity contribution in [2.45, 2.75) is 46.5 Å². The fraction of sp³-hybridized carbons (Fsp3) is 0.846. The Morgan fingerprint density at radius 2 is 2.11 bits per heavy atom. The van der Waals surface area contributed by atoms with Crippen LogP contribution in [0.2, 0.25) is 0 Å². The van der Waals surface area contributed by atoms with Gasteiger partial charge in [0.2, 0.25) is 11.8 Å². The third-order valence-electron chi connectivity index (χ3n) is 3.68. The van der Waals surface area contributed by atoms with Crippen molar-refractivity contribution < 1.29 is 9.59 Å². The molecule has 1 rings (SSSR count). The molecule has 1 heterocycles. The van der Waals surface area contributed by atoms with E-state index in [4.69, 9.17) is 5.84 Å². The van der Waals surface area contributed by atoms with Crippen molar-refractivity contribution in [1.82, 2.24) is 10.3 Å². The molecule has 0 bridgehead atoms. The fourth-order valence-electron chi connectivity index (χ4n) is 2.23. The van der Waals surface area contributed by atoms with E-state index in [1.54, 1.807) is 0 Å². The van der Waals surface area contributed by atoms with Crippen molar-refractivity contribution >= 4 is 11.8 Å². The van der Waals surface area contributed by atoms with Gasteiger partial charge in [0.05, 0.1) is 0 Å². The summed E-state index contributed by atoms with van der Waals surface area (Å²) in [5.74, 6) is 5.55. The van der Waals surface area contributed by atoms with Gasteiger partial charge in [0.15, 0.2) is 0 Å². The van der Waals surface area contributed by atoms with Gasteiger partial charge in [-0.1, -0.05) is 20.8 Å². The molecule has 0 aromatic carbocycles. The second-order valence-corrected chi connectivity index (χ2v) is 6.13. The summed E-state index contributed by atoms with van der Waals surface area (Å²) in [7, 11) is 0. The van der Waals surface area contributed by atoms with E-state index in [0.717, 1.165) is 25.9 Å². The van der Waals surface area contributed by atoms with E-state index in [-0.39, 0.29) is 17.2 Å². The monoisotopic (exact) mass is 255 g/mol. The molecule has 0 spiro atoms. The summed E-state index contributed by atoms with van der Waals surface area (Å²) in [5, 5.41) is 0. The molecule has 1 fully saturated rings. The highest BCUT2D eigenvalue weighted by Gasteiger charge is 2.36. The quantitative estimate of drug-likeness (QED) is 0.333. The van der Waals surface area contributed by atoms with E-state index in [1.807, 2.05) is 4.90 Å². The van der Waals surface area contributed by atoms with Crippen molar-refractivity contribution in [1.29, 1.82) is 0 Å². The van der Waals surface area contributed by atoms with Crippen LogP contribution >= 0.6 is 0 Å². The Labute approximate surface area is 109 Å². The van der Waals surface area contributed by atoms with Gasteiger partial charge >= 0.3 is 0 Å². The Hall–Kier alpha value is -1.10. The van der Waals surface area contributed by atoms with Crippen molar-refractivity contribution in [3.05, 3.63) is 0 Å². The molecule has 104 valence electrons. The van der Waals surface area contributed by atoms with E-state index < -0.39 is 0 Å². The average Bonchev–Trinajstić information content (AvgIpc) is 2.66. The second-order valence-electron chi connectivity index (χ2n) is 6.13. The number of nitrogens with zero attached hydrogens (tertiary/aromatic N) is 1. The number of nitrogens with two attached hydrogens (primary N) is 1. The maximum atomic E-state index is 11.8. The summed E-state index contributed by atoms with van der Waals surface area (Å²) >= 11 is 0. The summed E-state index contributed by atoms with van der Waals surface area (Å²) in [6, 6.07) is 0. The molecule has 3 N–H and O–H groups in total. The van der Waals surface area contributed by atoms with Crippen molar-refractivity contribution in [2.24, 2.45) is 17.2 Å². The van der Waals surface area contributed by atoms with Crippen LogP contribution in [0, 0.1) is 11.3 Å². The molecule has 1 aliphatic heterocycles. The second kappa shape index (κ2) is 6.18. The normalized spacial score (nSPS) is 20.3. The predicted octanol–water partition coefficient (Wildman–Crippen LogP) is 1.04. The Morgan fingerprint density at radius 3 is 2.61 bits per heavy atom. The van der Waals surface area contributed by atoms with Crippen LogP contribution in [0.25, 0.3) is 0 Å². The largest absolute Gasteiger partial charge is 0.342 e. The summed E-state index contributed by atoms with van der Waals surface area (Å²) in [6.07, 6.45) is 2.72. The molecule has 2 amide bonds. The van der Waals surface area contributed by atoms with Crippen LogP contribution in [-0.2, 0) is 9.59 Å². The van der Waals surface area contributed by atoms with E-state index in [9.17, 15) is 9.59 Å². The summed E-state index contributed by atoms with van der Waals surface area (Å²) in [6.45, 7) is 8.15. The van der Waals surface area contributed by atoms with Crippen LogP contribution in [0.5, 0.6) is 0 Å². The number of carbonyl (C=O) groups excluding carboxylic acids is 2. The van der Waals surface area contributed by atoms with Gasteiger partial charge in [0.25, 0.3) is 0 Å². The lowest BCUT2D eigenvalue weighted by Crippen LogP contribution is -2.30. The van der Waals surface area contributed by atoms with Crippen LogP contribution in [0.4, 0.5) is 0 Å². The lowest BCUT2D eigenvalue weighted by atomic mass is 9.80. The minimum atomic E-state index is -0.143. The topological polar surface area (TPSA) is 75.4 Å². The Kier molecular flexibility index (Phi) is 5.14. The summed E-state index contributed by atoms with van der Waals surface area (Å²) in [4.78, 5) is 24.7. The number of hydrazine groups is 1. The molecule has 0 aliphatic carbocycles. The third-order valence-corrected chi connectivity index (χ3v) is 3.68. The maximum absolute atomic E-state index is 11.8. The highest BCUT2D eigenvalue weighted by atomic mass is 16.2. The lowest BCUT2D eigenvalue weighted by Gasteiger charge is -2.26. The first kappa shape index (κ1) is 15.0. The molecule has 0 radical (unpaired) electrons. The third kappa shape index (κ3) is 4.29. The molecule has 0 aromatic rings. The average molecular weight is 255 g/mol. The molecule has 1 atom stereocenters. The molecule has 0 aromatic heterocycles. The molecule has 5 nitrogen and oxygen atoms in total. The Morgan fingerprint density at radius 1 is 1.44 bits per heavy atom. The van der Waals surface area contributed by atoms with Gasteiger partial charge in [-0.25, -0.2) is 5.84 Å². The first-order chi connectivity index (χ1) is 8.34. The predicted molar refractivity (Wildman–Crippen MR) is 70.3 cm³/mol. The van der Waals surface area contributed by atoms with Gasteiger partial charge in [-0.05, 0) is 24.2 Å². The van der Waals surface area contributed by atoms with Gasteiger partial charge in [-0.3, -0.25) is 15.0 Å². The van der Waals surface area contributed by atoms with E-state index in [0.29, 0.717) is 18.8 Å². The Bertz CT molecular complexity index is 310. The number of rotatable bonds is 5. The number of carbonyl (C=O) groups is 2. The van der Waals surface area contributed by atoms with Crippen molar-refractivity contribution in [2.75, 3.05) is 13.1 Å². The van der Waals surface area contributed by atoms with E-state index in [1.165, 1.54) is 0 Å². The maximum Gasteiger partial charge on any atom is 0.233 e. The molecule has 18 heavy (non-hydrogen) atoms. The summed E-state index contributed by atoms with van der Waals surface area (Å²) in [5.41, 5.74) is 2.29. The number of nitrogens with one attached hydrogen (secondary N) is 1. The molecule has 1 aliphatic rings. The smallest absolute Gasteiger partial charge is 0.233 e. The van der Waals surface area contributed by atoms with Gasteiger partial charge in [0, 0.05) is 25.9 Å². The molecular formula is C13H25N3O2. The molecular weight excluding hydrogens is 230 g/mol. The van der Waals surface area contributed by atoms with Gasteiger partial charge < -0.3 is 4.90 Å². The Balaban J connectivity index is 2.28.